The molecule has 0 N–H and O–H groups in total. The summed E-state index contributed by atoms with van der Waals surface area (Å²) >= 11 is 7.84. The van der Waals surface area contributed by atoms with Crippen LogP contribution in [-0.4, -0.2) is 16.9 Å². The summed E-state index contributed by atoms with van der Waals surface area (Å²) in [5.41, 5.74) is 0. The molecule has 0 aromatic carbocycles. The third kappa shape index (κ3) is 180. The second kappa shape index (κ2) is 28.1. The molecule has 0 heterocycles. The van der Waals surface area contributed by atoms with Crippen LogP contribution in [0.25, 0.3) is 0 Å². The van der Waals surface area contributed by atoms with E-state index >= 15 is 0 Å². The molecule has 0 spiro atoms. The van der Waals surface area contributed by atoms with Gasteiger partial charge in [-0.3, -0.25) is 0 Å². The van der Waals surface area contributed by atoms with Gasteiger partial charge in [0, 0.05) is 16.9 Å². The van der Waals surface area contributed by atoms with Gasteiger partial charge in [-0.25, -0.2) is 0 Å². The minimum atomic E-state index is -0.917. The molecule has 0 aliphatic rings. The Morgan fingerprint density at radius 1 is 1.00 bits per heavy atom. The topological polar surface area (TPSA) is 46.1 Å². The molecule has 0 saturated heterocycles. The van der Waals surface area contributed by atoms with E-state index in [4.69, 9.17) is 9.59 Å². The largest absolute Gasteiger partial charge is 2.00 e. The van der Waals surface area contributed by atoms with E-state index in [1.165, 1.54) is 0 Å². The SMILES string of the molecule is [Co+2].[O-][SiH]=S.[O-][SiH]=S. The molecule has 0 amide bonds. The molecule has 0 aliphatic carbocycles. The van der Waals surface area contributed by atoms with Crippen LogP contribution in [0.1, 0.15) is 0 Å². The second-order valence-corrected chi connectivity index (χ2v) is 1.73. The molecule has 0 aromatic heterocycles. The summed E-state index contributed by atoms with van der Waals surface area (Å²) in [5, 5.41) is 0. The molecule has 7 heteroatoms. The van der Waals surface area contributed by atoms with Crippen LogP contribution < -0.4 is 9.59 Å². The quantitative estimate of drug-likeness (QED) is 0.422. The molecule has 0 saturated carbocycles. The van der Waals surface area contributed by atoms with E-state index < -0.39 is 16.9 Å². The van der Waals surface area contributed by atoms with Gasteiger partial charge in [-0.1, -0.05) is 0 Å². The fourth-order valence-electron chi connectivity index (χ4n) is 0. The van der Waals surface area contributed by atoms with Crippen LogP contribution in [0.5, 0.6) is 0 Å². The average molecular weight is 213 g/mol. The standard InChI is InChI=1S/Co.2HOSSi/c;2*1-3-2/h;2*3H/q+2;2*-1. The number of rotatable bonds is 0. The van der Waals surface area contributed by atoms with E-state index in [1.54, 1.807) is 0 Å². The predicted octanol–water partition coefficient (Wildman–Crippen LogP) is -2.38. The summed E-state index contributed by atoms with van der Waals surface area (Å²) in [6.07, 6.45) is 0. The van der Waals surface area contributed by atoms with Crippen LogP contribution in [0.4, 0.5) is 0 Å². The van der Waals surface area contributed by atoms with Gasteiger partial charge in [0.2, 0.25) is 0 Å². The van der Waals surface area contributed by atoms with Crippen molar-refractivity contribution in [3.63, 3.8) is 0 Å². The maximum Gasteiger partial charge on any atom is 2.00 e. The molecule has 0 rings (SSSR count). The first-order valence-electron chi connectivity index (χ1n) is 0.943. The Hall–Kier alpha value is 0.980. The summed E-state index contributed by atoms with van der Waals surface area (Å²) in [5.74, 6) is 0. The molecule has 7 heavy (non-hydrogen) atoms. The zero-order chi connectivity index (χ0) is 5.41. The molecule has 1 radical (unpaired) electrons. The summed E-state index contributed by atoms with van der Waals surface area (Å²) in [4.78, 5) is 17.7. The van der Waals surface area contributed by atoms with E-state index in [9.17, 15) is 0 Å². The molecule has 0 unspecified atom stereocenters. The van der Waals surface area contributed by atoms with Gasteiger partial charge in [0.25, 0.3) is 0 Å². The molecule has 0 aliphatic heterocycles. The monoisotopic (exact) mass is 213 g/mol. The van der Waals surface area contributed by atoms with Crippen molar-refractivity contribution < 1.29 is 26.4 Å². The summed E-state index contributed by atoms with van der Waals surface area (Å²) in [7, 11) is -1.83. The van der Waals surface area contributed by atoms with E-state index in [0.29, 0.717) is 0 Å². The molecule has 43 valence electrons. The normalized spacial score (nSPS) is 3.43. The molecular formula is H2CoO2S2Si2. The molecular weight excluding hydrogens is 211 g/mol. The fraction of sp³-hybridized carbons (Fsp3) is 0. The van der Waals surface area contributed by atoms with Crippen LogP contribution in [0.15, 0.2) is 0 Å². The van der Waals surface area contributed by atoms with E-state index in [1.807, 2.05) is 0 Å². The Morgan fingerprint density at radius 2 is 1.00 bits per heavy atom. The zero-order valence-electron chi connectivity index (χ0n) is 3.12. The zero-order valence-corrected chi connectivity index (χ0v) is 8.10. The summed E-state index contributed by atoms with van der Waals surface area (Å²) in [6, 6.07) is 0. The Kier molecular flexibility index (Phi) is 62.9. The van der Waals surface area contributed by atoms with Crippen molar-refractivity contribution in [2.75, 3.05) is 0 Å². The van der Waals surface area contributed by atoms with Gasteiger partial charge in [-0.2, -0.15) is 23.3 Å². The Balaban J connectivity index is -0.0000000400. The van der Waals surface area contributed by atoms with Gasteiger partial charge in [-0.05, 0) is 0 Å². The minimum Gasteiger partial charge on any atom is -0.883 e. The Morgan fingerprint density at radius 3 is 1.00 bits per heavy atom. The van der Waals surface area contributed by atoms with Crippen molar-refractivity contribution in [2.45, 2.75) is 0 Å². The van der Waals surface area contributed by atoms with Crippen LogP contribution >= 0.6 is 23.3 Å². The van der Waals surface area contributed by atoms with Gasteiger partial charge in [0.05, 0.1) is 0 Å². The maximum atomic E-state index is 8.83. The van der Waals surface area contributed by atoms with E-state index in [2.05, 4.69) is 23.3 Å². The third-order valence-electron chi connectivity index (χ3n) is 0. The Bertz CT molecular complexity index is 34.7. The van der Waals surface area contributed by atoms with Crippen LogP contribution in [0.2, 0.25) is 0 Å². The Labute approximate surface area is 66.5 Å². The second-order valence-electron chi connectivity index (χ2n) is 0.192. The average Bonchev–Trinajstić information content (AvgIpc) is 1.39. The van der Waals surface area contributed by atoms with Gasteiger partial charge >= 0.3 is 16.8 Å². The van der Waals surface area contributed by atoms with Crippen molar-refractivity contribution >= 4 is 40.2 Å². The molecule has 0 atom stereocenters. The van der Waals surface area contributed by atoms with Crippen molar-refractivity contribution in [2.24, 2.45) is 0 Å². The van der Waals surface area contributed by atoms with Crippen LogP contribution in [0.3, 0.4) is 0 Å². The van der Waals surface area contributed by atoms with E-state index in [-0.39, 0.29) is 16.8 Å². The molecule has 0 aromatic rings. The molecule has 2 nitrogen and oxygen atoms in total. The van der Waals surface area contributed by atoms with Crippen LogP contribution in [0, 0.1) is 0 Å². The molecule has 0 bridgehead atoms. The third-order valence-corrected chi connectivity index (χ3v) is 0. The van der Waals surface area contributed by atoms with E-state index in [0.717, 1.165) is 0 Å². The van der Waals surface area contributed by atoms with Crippen molar-refractivity contribution in [1.82, 2.24) is 0 Å². The van der Waals surface area contributed by atoms with Crippen LogP contribution in [-0.2, 0) is 16.8 Å². The predicted molar refractivity (Wildman–Crippen MR) is 29.5 cm³/mol. The number of hydrogen-bond donors (Lipinski definition) is 0. The summed E-state index contributed by atoms with van der Waals surface area (Å²) in [6.45, 7) is 0. The number of hydrogen-bond acceptors (Lipinski definition) is 4. The smallest absolute Gasteiger partial charge is 0.883 e. The van der Waals surface area contributed by atoms with Gasteiger partial charge in [0.15, 0.2) is 0 Å². The van der Waals surface area contributed by atoms with Crippen molar-refractivity contribution in [3.05, 3.63) is 0 Å². The first kappa shape index (κ1) is 15.7. The summed E-state index contributed by atoms with van der Waals surface area (Å²) < 4.78 is 0. The van der Waals surface area contributed by atoms with Gasteiger partial charge in [0.1, 0.15) is 0 Å². The first-order valence-corrected chi connectivity index (χ1v) is 5.66. The van der Waals surface area contributed by atoms with Gasteiger partial charge in [-0.15, -0.1) is 0 Å². The minimum absolute atomic E-state index is 0. The van der Waals surface area contributed by atoms with Crippen molar-refractivity contribution in [1.29, 1.82) is 0 Å². The van der Waals surface area contributed by atoms with Gasteiger partial charge < -0.3 is 9.59 Å². The maximum absolute atomic E-state index is 8.83. The fourth-order valence-corrected chi connectivity index (χ4v) is 0. The van der Waals surface area contributed by atoms with Crippen molar-refractivity contribution in [3.8, 4) is 0 Å². The molecule has 0 fully saturated rings. The first-order chi connectivity index (χ1) is 2.83.